The van der Waals surface area contributed by atoms with Gasteiger partial charge >= 0.3 is 0 Å². The van der Waals surface area contributed by atoms with E-state index in [1.807, 2.05) is 51.1 Å². The molecule has 0 unspecified atom stereocenters. The number of fused-ring (bicyclic) bond motifs is 2. The number of benzene rings is 3. The lowest BCUT2D eigenvalue weighted by atomic mass is 9.81. The van der Waals surface area contributed by atoms with Crippen molar-refractivity contribution in [1.82, 2.24) is 9.13 Å². The van der Waals surface area contributed by atoms with Gasteiger partial charge in [0, 0.05) is 11.5 Å². The molecule has 1 aliphatic rings. The maximum atomic E-state index is 13.9. The van der Waals surface area contributed by atoms with Crippen molar-refractivity contribution in [2.45, 2.75) is 64.7 Å². The van der Waals surface area contributed by atoms with E-state index >= 15 is 0 Å². The first kappa shape index (κ1) is 29.6. The zero-order valence-corrected chi connectivity index (χ0v) is 25.6. The van der Waals surface area contributed by atoms with Gasteiger partial charge in [-0.1, -0.05) is 77.9 Å². The fraction of sp³-hybridized carbons (Fsp3) is 0.343. The topological polar surface area (TPSA) is 114 Å². The number of carbonyl (C=O) groups excluding carboxylic acids is 1. The molecule has 0 atom stereocenters. The van der Waals surface area contributed by atoms with Gasteiger partial charge in [-0.15, -0.1) is 0 Å². The zero-order valence-electron chi connectivity index (χ0n) is 25.6. The van der Waals surface area contributed by atoms with Gasteiger partial charge in [-0.2, -0.15) is 0 Å². The number of hydrogen-bond acceptors (Lipinski definition) is 7. The molecule has 6 rings (SSSR count). The second kappa shape index (κ2) is 10.3. The Morgan fingerprint density at radius 2 is 1.20 bits per heavy atom. The first-order valence-corrected chi connectivity index (χ1v) is 14.6. The first-order valence-electron chi connectivity index (χ1n) is 14.6. The van der Waals surface area contributed by atoms with Crippen molar-refractivity contribution in [1.29, 1.82) is 0 Å². The van der Waals surface area contributed by atoms with Crippen LogP contribution in [0, 0.1) is 0 Å². The molecule has 1 fully saturated rings. The van der Waals surface area contributed by atoms with E-state index in [0.717, 1.165) is 32.1 Å². The highest BCUT2D eigenvalue weighted by Gasteiger charge is 2.30. The van der Waals surface area contributed by atoms with Gasteiger partial charge in [0.15, 0.2) is 0 Å². The van der Waals surface area contributed by atoms with Crippen molar-refractivity contribution in [3.05, 3.63) is 118 Å². The van der Waals surface area contributed by atoms with E-state index in [-0.39, 0.29) is 51.5 Å². The lowest BCUT2D eigenvalue weighted by Crippen LogP contribution is -2.38. The van der Waals surface area contributed by atoms with Crippen LogP contribution in [0.25, 0.3) is 27.2 Å². The van der Waals surface area contributed by atoms with E-state index in [2.05, 4.69) is 20.8 Å². The third-order valence-corrected chi connectivity index (χ3v) is 8.47. The predicted octanol–water partition coefficient (Wildman–Crippen LogP) is 4.60. The van der Waals surface area contributed by atoms with E-state index in [9.17, 15) is 24.0 Å². The molecule has 44 heavy (non-hydrogen) atoms. The highest BCUT2D eigenvalue weighted by atomic mass is 16.7. The Labute approximate surface area is 253 Å². The lowest BCUT2D eigenvalue weighted by Gasteiger charge is -2.29. The molecule has 0 N–H and O–H groups in total. The molecular formula is C35H34N2O7. The number of rotatable bonds is 4. The van der Waals surface area contributed by atoms with Crippen LogP contribution in [-0.2, 0) is 20.3 Å². The molecule has 3 aromatic carbocycles. The number of nitrogens with zero attached hydrogens (tertiary/aromatic N) is 2. The van der Waals surface area contributed by atoms with Gasteiger partial charge in [-0.25, -0.2) is 9.13 Å². The van der Waals surface area contributed by atoms with E-state index in [4.69, 9.17) is 9.47 Å². The Kier molecular flexibility index (Phi) is 6.94. The molecule has 9 heteroatoms. The SMILES string of the molecule is CC(C)(C)c1ccc(C(C)(C)C)c(-n2c(=O)c3cc4c(=O)n(C5OCC(c6ccc(C=O)cc6)CO5)c(=O)c4cc3c2=O)c1. The summed E-state index contributed by atoms with van der Waals surface area (Å²) in [6.45, 7) is 12.6. The molecule has 0 aliphatic carbocycles. The van der Waals surface area contributed by atoms with E-state index in [0.29, 0.717) is 11.3 Å². The van der Waals surface area contributed by atoms with Gasteiger partial charge in [0.05, 0.1) is 40.4 Å². The van der Waals surface area contributed by atoms with Crippen LogP contribution < -0.4 is 22.2 Å². The smallest absolute Gasteiger partial charge is 0.266 e. The standard InChI is InChI=1S/C35H34N2O7/c1-34(2,3)22-11-12-27(35(4,5)6)28(13-22)36-29(39)23-14-25-26(15-24(23)30(36)40)32(42)37(31(25)41)33-43-17-21(18-44-33)20-9-7-19(16-38)8-10-20/h7-16,21,33H,17-18H2,1-6H3. The molecule has 5 aromatic rings. The average Bonchev–Trinajstić information content (AvgIpc) is 3.38. The van der Waals surface area contributed by atoms with Crippen LogP contribution in [0.1, 0.15) is 80.9 Å². The van der Waals surface area contributed by atoms with Crippen LogP contribution in [0.2, 0.25) is 0 Å². The molecule has 0 saturated carbocycles. The third kappa shape index (κ3) is 4.76. The van der Waals surface area contributed by atoms with Crippen LogP contribution in [0.4, 0.5) is 0 Å². The maximum absolute atomic E-state index is 13.9. The van der Waals surface area contributed by atoms with Gasteiger partial charge in [-0.05, 0) is 45.7 Å². The summed E-state index contributed by atoms with van der Waals surface area (Å²) in [4.78, 5) is 65.7. The molecular weight excluding hydrogens is 560 g/mol. The Morgan fingerprint density at radius 1 is 0.682 bits per heavy atom. The number of ether oxygens (including phenoxy) is 2. The van der Waals surface area contributed by atoms with Crippen molar-refractivity contribution in [3.63, 3.8) is 0 Å². The van der Waals surface area contributed by atoms with Gasteiger partial charge in [0.2, 0.25) is 6.41 Å². The van der Waals surface area contributed by atoms with Crippen LogP contribution in [0.15, 0.2) is 73.8 Å². The molecule has 0 spiro atoms. The van der Waals surface area contributed by atoms with Crippen molar-refractivity contribution in [2.75, 3.05) is 13.2 Å². The van der Waals surface area contributed by atoms with E-state index in [1.165, 1.54) is 12.1 Å². The number of aldehydes is 1. The highest BCUT2D eigenvalue weighted by Crippen LogP contribution is 2.33. The maximum Gasteiger partial charge on any atom is 0.266 e. The third-order valence-electron chi connectivity index (χ3n) is 8.47. The minimum absolute atomic E-state index is 0.0232. The molecule has 1 saturated heterocycles. The second-order valence-electron chi connectivity index (χ2n) is 13.6. The predicted molar refractivity (Wildman–Crippen MR) is 169 cm³/mol. The number of hydrogen-bond donors (Lipinski definition) is 0. The minimum atomic E-state index is -1.25. The van der Waals surface area contributed by atoms with E-state index < -0.39 is 28.7 Å². The molecule has 2 aromatic heterocycles. The Hall–Kier alpha value is -4.47. The summed E-state index contributed by atoms with van der Waals surface area (Å²) in [5, 5.41) is 0.189. The molecule has 0 amide bonds. The summed E-state index contributed by atoms with van der Waals surface area (Å²) < 4.78 is 13.7. The monoisotopic (exact) mass is 594 g/mol. The fourth-order valence-corrected chi connectivity index (χ4v) is 5.90. The Bertz CT molecular complexity index is 2060. The number of carbonyl (C=O) groups is 1. The molecule has 0 radical (unpaired) electrons. The largest absolute Gasteiger partial charge is 0.334 e. The van der Waals surface area contributed by atoms with Gasteiger partial charge < -0.3 is 9.47 Å². The molecule has 1 aliphatic heterocycles. The molecule has 9 nitrogen and oxygen atoms in total. The van der Waals surface area contributed by atoms with Crippen LogP contribution >= 0.6 is 0 Å². The lowest BCUT2D eigenvalue weighted by molar-refractivity contribution is -0.233. The quantitative estimate of drug-likeness (QED) is 0.280. The molecule has 0 bridgehead atoms. The summed E-state index contributed by atoms with van der Waals surface area (Å²) in [6.07, 6.45) is -0.488. The normalized spacial score (nSPS) is 17.9. The van der Waals surface area contributed by atoms with Gasteiger partial charge in [0.1, 0.15) is 6.29 Å². The highest BCUT2D eigenvalue weighted by molar-refractivity contribution is 5.98. The summed E-state index contributed by atoms with van der Waals surface area (Å²) in [7, 11) is 0. The first-order chi connectivity index (χ1) is 20.7. The van der Waals surface area contributed by atoms with E-state index in [1.54, 1.807) is 12.1 Å². The fourth-order valence-electron chi connectivity index (χ4n) is 5.90. The van der Waals surface area contributed by atoms with Crippen LogP contribution in [-0.4, -0.2) is 28.6 Å². The minimum Gasteiger partial charge on any atom is -0.334 e. The second-order valence-corrected chi connectivity index (χ2v) is 13.6. The summed E-state index contributed by atoms with van der Waals surface area (Å²) in [5.74, 6) is -0.151. The van der Waals surface area contributed by atoms with Gasteiger partial charge in [0.25, 0.3) is 22.2 Å². The van der Waals surface area contributed by atoms with Crippen molar-refractivity contribution < 1.29 is 14.3 Å². The zero-order chi connectivity index (χ0) is 31.7. The summed E-state index contributed by atoms with van der Waals surface area (Å²) >= 11 is 0. The molecule has 226 valence electrons. The van der Waals surface area contributed by atoms with Crippen LogP contribution in [0.5, 0.6) is 0 Å². The van der Waals surface area contributed by atoms with Crippen LogP contribution in [0.3, 0.4) is 0 Å². The van der Waals surface area contributed by atoms with Crippen molar-refractivity contribution in [3.8, 4) is 5.69 Å². The summed E-state index contributed by atoms with van der Waals surface area (Å²) in [5.41, 5.74) is 0.746. The summed E-state index contributed by atoms with van der Waals surface area (Å²) in [6, 6.07) is 15.6. The Morgan fingerprint density at radius 3 is 1.68 bits per heavy atom. The Balaban J connectivity index is 1.42. The average molecular weight is 595 g/mol. The van der Waals surface area contributed by atoms with Gasteiger partial charge in [-0.3, -0.25) is 24.0 Å². The van der Waals surface area contributed by atoms with Crippen molar-refractivity contribution in [2.24, 2.45) is 0 Å². The van der Waals surface area contributed by atoms with Crippen molar-refractivity contribution >= 4 is 27.8 Å². The molecule has 3 heterocycles. The number of aromatic nitrogens is 2.